The molecule has 0 aliphatic carbocycles. The van der Waals surface area contributed by atoms with E-state index in [9.17, 15) is 4.79 Å². The van der Waals surface area contributed by atoms with Crippen LogP contribution in [0.5, 0.6) is 0 Å². The van der Waals surface area contributed by atoms with E-state index in [4.69, 9.17) is 5.11 Å². The molecule has 0 amide bonds. The van der Waals surface area contributed by atoms with Crippen LogP contribution >= 0.6 is 0 Å². The quantitative estimate of drug-likeness (QED) is 0.828. The highest BCUT2D eigenvalue weighted by Crippen LogP contribution is 2.34. The second-order valence-electron chi connectivity index (χ2n) is 5.86. The van der Waals surface area contributed by atoms with Crippen molar-refractivity contribution in [3.8, 4) is 0 Å². The van der Waals surface area contributed by atoms with Crippen molar-refractivity contribution >= 4 is 5.97 Å². The number of nitrogens with zero attached hydrogens (tertiary/aromatic N) is 1. The maximum Gasteiger partial charge on any atom is 0.304 e. The third-order valence-electron chi connectivity index (χ3n) is 2.71. The number of aromatic amines is 1. The molecule has 2 N–H and O–H groups in total. The molecule has 0 saturated carbocycles. The van der Waals surface area contributed by atoms with E-state index in [1.54, 1.807) is 6.20 Å². The largest absolute Gasteiger partial charge is 0.481 e. The molecule has 4 heteroatoms. The Morgan fingerprint density at radius 1 is 1.38 bits per heavy atom. The van der Waals surface area contributed by atoms with E-state index in [1.165, 1.54) is 0 Å². The van der Waals surface area contributed by atoms with Crippen molar-refractivity contribution < 1.29 is 9.90 Å². The predicted octanol–water partition coefficient (Wildman–Crippen LogP) is 2.46. The molecule has 1 aromatic rings. The maximum absolute atomic E-state index is 10.8. The van der Waals surface area contributed by atoms with Crippen LogP contribution in [0.4, 0.5) is 0 Å². The van der Waals surface area contributed by atoms with Gasteiger partial charge in [-0.1, -0.05) is 34.6 Å². The Bertz CT molecular complexity index is 386. The van der Waals surface area contributed by atoms with Crippen LogP contribution in [0.15, 0.2) is 6.20 Å². The molecule has 0 atom stereocenters. The number of hydrogen-bond acceptors (Lipinski definition) is 2. The maximum atomic E-state index is 10.8. The van der Waals surface area contributed by atoms with Crippen LogP contribution in [0.25, 0.3) is 0 Å². The first-order valence-electron chi connectivity index (χ1n) is 5.41. The smallest absolute Gasteiger partial charge is 0.304 e. The minimum atomic E-state index is -0.786. The standard InChI is InChI=1S/C12H20N2O2/c1-11(2,3)10-8(7-13-14-10)12(4,5)6-9(15)16/h7H,6H2,1-5H3,(H,13,14)(H,15,16). The van der Waals surface area contributed by atoms with E-state index in [0.717, 1.165) is 11.3 Å². The first-order chi connectivity index (χ1) is 7.14. The van der Waals surface area contributed by atoms with Gasteiger partial charge in [-0.3, -0.25) is 9.89 Å². The molecule has 0 radical (unpaired) electrons. The van der Waals surface area contributed by atoms with Gasteiger partial charge in [-0.25, -0.2) is 0 Å². The molecule has 0 aliphatic heterocycles. The van der Waals surface area contributed by atoms with E-state index >= 15 is 0 Å². The summed E-state index contributed by atoms with van der Waals surface area (Å²) in [5.74, 6) is -0.786. The summed E-state index contributed by atoms with van der Waals surface area (Å²) >= 11 is 0. The number of nitrogens with one attached hydrogen (secondary N) is 1. The van der Waals surface area contributed by atoms with Crippen LogP contribution in [-0.2, 0) is 15.6 Å². The second-order valence-corrected chi connectivity index (χ2v) is 5.86. The fourth-order valence-corrected chi connectivity index (χ4v) is 1.84. The lowest BCUT2D eigenvalue weighted by molar-refractivity contribution is -0.138. The molecule has 1 heterocycles. The third kappa shape index (κ3) is 2.62. The number of carbonyl (C=O) groups is 1. The molecule has 1 aromatic heterocycles. The fourth-order valence-electron chi connectivity index (χ4n) is 1.84. The summed E-state index contributed by atoms with van der Waals surface area (Å²) in [5.41, 5.74) is 1.55. The highest BCUT2D eigenvalue weighted by Gasteiger charge is 2.31. The van der Waals surface area contributed by atoms with Gasteiger partial charge >= 0.3 is 5.97 Å². The summed E-state index contributed by atoms with van der Waals surface area (Å²) in [7, 11) is 0. The molecular formula is C12H20N2O2. The number of hydrogen-bond donors (Lipinski definition) is 2. The van der Waals surface area contributed by atoms with Gasteiger partial charge in [0.25, 0.3) is 0 Å². The SMILES string of the molecule is CC(C)(C)c1[nH]ncc1C(C)(C)CC(=O)O. The van der Waals surface area contributed by atoms with Gasteiger partial charge in [-0.05, 0) is 5.56 Å². The first-order valence-corrected chi connectivity index (χ1v) is 5.41. The van der Waals surface area contributed by atoms with E-state index in [1.807, 2.05) is 13.8 Å². The Morgan fingerprint density at radius 2 is 1.94 bits per heavy atom. The molecule has 16 heavy (non-hydrogen) atoms. The van der Waals surface area contributed by atoms with Gasteiger partial charge in [0.2, 0.25) is 0 Å². The Kier molecular flexibility index (Phi) is 3.13. The van der Waals surface area contributed by atoms with Crippen molar-refractivity contribution in [1.82, 2.24) is 10.2 Å². The highest BCUT2D eigenvalue weighted by molar-refractivity contribution is 5.69. The number of aliphatic carboxylic acids is 1. The van der Waals surface area contributed by atoms with E-state index in [2.05, 4.69) is 31.0 Å². The van der Waals surface area contributed by atoms with Gasteiger partial charge in [0, 0.05) is 16.5 Å². The van der Waals surface area contributed by atoms with Gasteiger partial charge in [-0.2, -0.15) is 5.10 Å². The summed E-state index contributed by atoms with van der Waals surface area (Å²) in [6, 6.07) is 0. The molecule has 0 spiro atoms. The van der Waals surface area contributed by atoms with Crippen LogP contribution in [0.3, 0.4) is 0 Å². The van der Waals surface area contributed by atoms with Crippen molar-refractivity contribution in [2.24, 2.45) is 0 Å². The monoisotopic (exact) mass is 224 g/mol. The molecule has 0 aromatic carbocycles. The topological polar surface area (TPSA) is 66.0 Å². The van der Waals surface area contributed by atoms with Gasteiger partial charge < -0.3 is 5.11 Å². The van der Waals surface area contributed by atoms with Crippen LogP contribution in [0.1, 0.15) is 52.3 Å². The van der Waals surface area contributed by atoms with E-state index in [0.29, 0.717) is 0 Å². The summed E-state index contributed by atoms with van der Waals surface area (Å²) in [5, 5.41) is 15.9. The van der Waals surface area contributed by atoms with Crippen LogP contribution in [0.2, 0.25) is 0 Å². The molecule has 0 bridgehead atoms. The summed E-state index contributed by atoms with van der Waals surface area (Å²) in [6.07, 6.45) is 1.85. The van der Waals surface area contributed by atoms with Gasteiger partial charge in [0.1, 0.15) is 0 Å². The van der Waals surface area contributed by atoms with E-state index in [-0.39, 0.29) is 11.8 Å². The molecule has 0 unspecified atom stereocenters. The predicted molar refractivity (Wildman–Crippen MR) is 62.6 cm³/mol. The minimum absolute atomic E-state index is 0.0540. The van der Waals surface area contributed by atoms with Crippen molar-refractivity contribution in [3.05, 3.63) is 17.5 Å². The molecule has 4 nitrogen and oxygen atoms in total. The van der Waals surface area contributed by atoms with Crippen LogP contribution < -0.4 is 0 Å². The summed E-state index contributed by atoms with van der Waals surface area (Å²) in [6.45, 7) is 10.1. The molecule has 90 valence electrons. The second kappa shape index (κ2) is 3.92. The minimum Gasteiger partial charge on any atom is -0.481 e. The Labute approximate surface area is 96.1 Å². The number of carboxylic acids is 1. The summed E-state index contributed by atoms with van der Waals surface area (Å²) < 4.78 is 0. The fraction of sp³-hybridized carbons (Fsp3) is 0.667. The average molecular weight is 224 g/mol. The molecule has 0 saturated heterocycles. The molecular weight excluding hydrogens is 204 g/mol. The molecule has 0 fully saturated rings. The van der Waals surface area contributed by atoms with Crippen molar-refractivity contribution in [2.45, 2.75) is 51.9 Å². The molecule has 1 rings (SSSR count). The number of rotatable bonds is 3. The Balaban J connectivity index is 3.14. The van der Waals surface area contributed by atoms with Crippen molar-refractivity contribution in [3.63, 3.8) is 0 Å². The Morgan fingerprint density at radius 3 is 2.38 bits per heavy atom. The zero-order chi connectivity index (χ0) is 12.6. The first kappa shape index (κ1) is 12.7. The average Bonchev–Trinajstić information content (AvgIpc) is 2.46. The number of carboxylic acid groups (broad SMARTS) is 1. The lowest BCUT2D eigenvalue weighted by atomic mass is 9.76. The van der Waals surface area contributed by atoms with Crippen LogP contribution in [0, 0.1) is 0 Å². The molecule has 0 aliphatic rings. The zero-order valence-electron chi connectivity index (χ0n) is 10.6. The van der Waals surface area contributed by atoms with Gasteiger partial charge in [-0.15, -0.1) is 0 Å². The highest BCUT2D eigenvalue weighted by atomic mass is 16.4. The van der Waals surface area contributed by atoms with Gasteiger partial charge in [0.15, 0.2) is 0 Å². The Hall–Kier alpha value is -1.32. The van der Waals surface area contributed by atoms with E-state index < -0.39 is 11.4 Å². The zero-order valence-corrected chi connectivity index (χ0v) is 10.6. The van der Waals surface area contributed by atoms with Crippen LogP contribution in [-0.4, -0.2) is 21.3 Å². The lowest BCUT2D eigenvalue weighted by Gasteiger charge is -2.27. The van der Waals surface area contributed by atoms with Gasteiger partial charge in [0.05, 0.1) is 12.6 Å². The van der Waals surface area contributed by atoms with Crippen molar-refractivity contribution in [2.75, 3.05) is 0 Å². The normalized spacial score (nSPS) is 12.8. The lowest BCUT2D eigenvalue weighted by Crippen LogP contribution is -2.26. The van der Waals surface area contributed by atoms with Crippen molar-refractivity contribution in [1.29, 1.82) is 0 Å². The third-order valence-corrected chi connectivity index (χ3v) is 2.71. The number of aromatic nitrogens is 2. The summed E-state index contributed by atoms with van der Waals surface area (Å²) in [4.78, 5) is 10.8. The number of H-pyrrole nitrogens is 1.